The van der Waals surface area contributed by atoms with Crippen LogP contribution < -0.4 is 0 Å². The van der Waals surface area contributed by atoms with E-state index in [2.05, 4.69) is 40.5 Å². The highest BCUT2D eigenvalue weighted by Gasteiger charge is 2.03. The topological polar surface area (TPSA) is 25.8 Å². The molecule has 0 bridgehead atoms. The highest BCUT2D eigenvalue weighted by molar-refractivity contribution is 7.22. The molecule has 72 valence electrons. The quantitative estimate of drug-likeness (QED) is 0.618. The molecule has 0 saturated heterocycles. The van der Waals surface area contributed by atoms with Crippen molar-refractivity contribution in [3.8, 4) is 10.4 Å². The van der Waals surface area contributed by atoms with Gasteiger partial charge in [-0.05, 0) is 11.6 Å². The minimum absolute atomic E-state index is 1.16. The van der Waals surface area contributed by atoms with E-state index in [-0.39, 0.29) is 0 Å². The van der Waals surface area contributed by atoms with E-state index in [1.54, 1.807) is 17.5 Å². The minimum Gasteiger partial charge on any atom is -0.158 e. The van der Waals surface area contributed by atoms with Gasteiger partial charge in [0.2, 0.25) is 0 Å². The molecule has 0 amide bonds. The molecule has 3 aromatic rings. The minimum atomic E-state index is 1.16. The van der Waals surface area contributed by atoms with Gasteiger partial charge in [0.25, 0.3) is 0 Å². The Morgan fingerprint density at radius 1 is 0.933 bits per heavy atom. The Morgan fingerprint density at radius 2 is 1.73 bits per heavy atom. The SMILES string of the molecule is c1ccc(-c2cc3cnncc3s2)cc1. The first-order chi connectivity index (χ1) is 7.43. The van der Waals surface area contributed by atoms with Gasteiger partial charge in [0.1, 0.15) is 0 Å². The van der Waals surface area contributed by atoms with Crippen molar-refractivity contribution in [3.63, 3.8) is 0 Å². The van der Waals surface area contributed by atoms with Crippen molar-refractivity contribution >= 4 is 21.4 Å². The maximum atomic E-state index is 3.88. The molecular weight excluding hydrogens is 204 g/mol. The molecule has 0 N–H and O–H groups in total. The maximum absolute atomic E-state index is 3.88. The van der Waals surface area contributed by atoms with E-state index < -0.39 is 0 Å². The zero-order chi connectivity index (χ0) is 10.1. The van der Waals surface area contributed by atoms with Crippen LogP contribution in [0.3, 0.4) is 0 Å². The smallest absolute Gasteiger partial charge is 0.0674 e. The third-order valence-corrected chi connectivity index (χ3v) is 3.42. The molecule has 2 aromatic heterocycles. The first-order valence-corrected chi connectivity index (χ1v) is 5.51. The number of fused-ring (bicyclic) bond motifs is 1. The number of thiophene rings is 1. The van der Waals surface area contributed by atoms with Crippen LogP contribution in [-0.4, -0.2) is 10.2 Å². The van der Waals surface area contributed by atoms with Gasteiger partial charge >= 0.3 is 0 Å². The monoisotopic (exact) mass is 212 g/mol. The summed E-state index contributed by atoms with van der Waals surface area (Å²) in [6, 6.07) is 12.5. The van der Waals surface area contributed by atoms with Crippen molar-refractivity contribution in [2.45, 2.75) is 0 Å². The third kappa shape index (κ3) is 1.51. The van der Waals surface area contributed by atoms with E-state index in [1.807, 2.05) is 12.3 Å². The lowest BCUT2D eigenvalue weighted by molar-refractivity contribution is 1.05. The van der Waals surface area contributed by atoms with E-state index in [9.17, 15) is 0 Å². The number of nitrogens with zero attached hydrogens (tertiary/aromatic N) is 2. The van der Waals surface area contributed by atoms with E-state index in [1.165, 1.54) is 15.1 Å². The molecule has 3 rings (SSSR count). The van der Waals surface area contributed by atoms with Crippen LogP contribution in [-0.2, 0) is 0 Å². The predicted octanol–water partition coefficient (Wildman–Crippen LogP) is 3.36. The summed E-state index contributed by atoms with van der Waals surface area (Å²) in [5.41, 5.74) is 1.25. The summed E-state index contributed by atoms with van der Waals surface area (Å²) < 4.78 is 1.18. The van der Waals surface area contributed by atoms with Crippen LogP contribution in [0, 0.1) is 0 Å². The molecule has 0 saturated carbocycles. The summed E-state index contributed by atoms with van der Waals surface area (Å²) in [6.45, 7) is 0. The second kappa shape index (κ2) is 3.44. The number of hydrogen-bond acceptors (Lipinski definition) is 3. The molecule has 0 fully saturated rings. The van der Waals surface area contributed by atoms with E-state index in [0.717, 1.165) is 5.39 Å². The van der Waals surface area contributed by atoms with Crippen molar-refractivity contribution in [1.29, 1.82) is 0 Å². The summed E-state index contributed by atoms with van der Waals surface area (Å²) in [6.07, 6.45) is 3.62. The van der Waals surface area contributed by atoms with Gasteiger partial charge in [0.15, 0.2) is 0 Å². The molecule has 2 nitrogen and oxygen atoms in total. The van der Waals surface area contributed by atoms with Gasteiger partial charge in [0, 0.05) is 10.3 Å². The number of aromatic nitrogens is 2. The van der Waals surface area contributed by atoms with Crippen LogP contribution in [0.1, 0.15) is 0 Å². The Hall–Kier alpha value is -1.74. The Labute approximate surface area is 91.2 Å². The van der Waals surface area contributed by atoms with Crippen molar-refractivity contribution in [3.05, 3.63) is 48.8 Å². The van der Waals surface area contributed by atoms with Gasteiger partial charge in [-0.3, -0.25) is 0 Å². The average Bonchev–Trinajstić information content (AvgIpc) is 2.74. The van der Waals surface area contributed by atoms with Crippen LogP contribution in [0.5, 0.6) is 0 Å². The first-order valence-electron chi connectivity index (χ1n) is 4.69. The summed E-state index contributed by atoms with van der Waals surface area (Å²) >= 11 is 1.75. The van der Waals surface area contributed by atoms with Crippen LogP contribution in [0.15, 0.2) is 48.8 Å². The van der Waals surface area contributed by atoms with E-state index >= 15 is 0 Å². The lowest BCUT2D eigenvalue weighted by Crippen LogP contribution is -1.73. The summed E-state index contributed by atoms with van der Waals surface area (Å²) in [4.78, 5) is 1.26. The van der Waals surface area contributed by atoms with Crippen LogP contribution >= 0.6 is 11.3 Å². The number of hydrogen-bond donors (Lipinski definition) is 0. The van der Waals surface area contributed by atoms with Gasteiger partial charge in [-0.2, -0.15) is 10.2 Å². The molecule has 0 radical (unpaired) electrons. The van der Waals surface area contributed by atoms with Crippen molar-refractivity contribution in [2.24, 2.45) is 0 Å². The van der Waals surface area contributed by atoms with Gasteiger partial charge in [-0.1, -0.05) is 30.3 Å². The Morgan fingerprint density at radius 3 is 2.53 bits per heavy atom. The maximum Gasteiger partial charge on any atom is 0.0674 e. The fourth-order valence-corrected chi connectivity index (χ4v) is 2.55. The molecule has 0 unspecified atom stereocenters. The van der Waals surface area contributed by atoms with Crippen molar-refractivity contribution in [2.75, 3.05) is 0 Å². The van der Waals surface area contributed by atoms with E-state index in [4.69, 9.17) is 0 Å². The fourth-order valence-electron chi connectivity index (χ4n) is 1.55. The Kier molecular flexibility index (Phi) is 1.96. The second-order valence-electron chi connectivity index (χ2n) is 3.29. The Balaban J connectivity index is 2.21. The highest BCUT2D eigenvalue weighted by atomic mass is 32.1. The van der Waals surface area contributed by atoms with Gasteiger partial charge in [-0.15, -0.1) is 11.3 Å². The van der Waals surface area contributed by atoms with Crippen molar-refractivity contribution < 1.29 is 0 Å². The number of rotatable bonds is 1. The third-order valence-electron chi connectivity index (χ3n) is 2.29. The summed E-state index contributed by atoms with van der Waals surface area (Å²) in [5, 5.41) is 8.92. The molecule has 0 spiro atoms. The highest BCUT2D eigenvalue weighted by Crippen LogP contribution is 2.32. The van der Waals surface area contributed by atoms with Gasteiger partial charge in [0.05, 0.1) is 17.1 Å². The predicted molar refractivity (Wildman–Crippen MR) is 62.9 cm³/mol. The fraction of sp³-hybridized carbons (Fsp3) is 0. The number of benzene rings is 1. The van der Waals surface area contributed by atoms with Crippen LogP contribution in [0.25, 0.3) is 20.5 Å². The molecule has 0 aliphatic carbocycles. The lowest BCUT2D eigenvalue weighted by atomic mass is 10.2. The standard InChI is InChI=1S/C12H8N2S/c1-2-4-9(5-3-1)11-6-10-7-13-14-8-12(10)15-11/h1-8H. The van der Waals surface area contributed by atoms with E-state index in [0.29, 0.717) is 0 Å². The average molecular weight is 212 g/mol. The molecule has 3 heteroatoms. The molecule has 2 heterocycles. The molecular formula is C12H8N2S. The lowest BCUT2D eigenvalue weighted by Gasteiger charge is -1.93. The molecule has 0 aliphatic rings. The molecule has 0 atom stereocenters. The Bertz CT molecular complexity index is 554. The zero-order valence-electron chi connectivity index (χ0n) is 7.92. The van der Waals surface area contributed by atoms with Crippen LogP contribution in [0.2, 0.25) is 0 Å². The second-order valence-corrected chi connectivity index (χ2v) is 4.37. The molecule has 1 aromatic carbocycles. The summed E-state index contributed by atoms with van der Waals surface area (Å²) in [7, 11) is 0. The zero-order valence-corrected chi connectivity index (χ0v) is 8.74. The molecule has 15 heavy (non-hydrogen) atoms. The normalized spacial score (nSPS) is 10.7. The summed E-state index contributed by atoms with van der Waals surface area (Å²) in [5.74, 6) is 0. The first kappa shape index (κ1) is 8.56. The van der Waals surface area contributed by atoms with Crippen LogP contribution in [0.4, 0.5) is 0 Å². The largest absolute Gasteiger partial charge is 0.158 e. The molecule has 0 aliphatic heterocycles. The van der Waals surface area contributed by atoms with Crippen molar-refractivity contribution in [1.82, 2.24) is 10.2 Å². The van der Waals surface area contributed by atoms with Gasteiger partial charge in [-0.25, -0.2) is 0 Å². The van der Waals surface area contributed by atoms with Gasteiger partial charge < -0.3 is 0 Å².